The second-order valence-corrected chi connectivity index (χ2v) is 8.41. The van der Waals surface area contributed by atoms with Gasteiger partial charge in [0.1, 0.15) is 5.75 Å². The van der Waals surface area contributed by atoms with Crippen molar-refractivity contribution < 1.29 is 17.9 Å². The average Bonchev–Trinajstić information content (AvgIpc) is 3.08. The molecule has 2 aliphatic rings. The van der Waals surface area contributed by atoms with Crippen molar-refractivity contribution in [3.63, 3.8) is 0 Å². The Labute approximate surface area is 144 Å². The van der Waals surface area contributed by atoms with Gasteiger partial charge in [-0.25, -0.2) is 8.42 Å². The number of nitrogens with zero attached hydrogens (tertiary/aromatic N) is 2. The molecule has 0 N–H and O–H groups in total. The molecule has 3 rings (SSSR count). The van der Waals surface area contributed by atoms with Crippen molar-refractivity contribution in [3.8, 4) is 5.75 Å². The number of rotatable bonds is 5. The van der Waals surface area contributed by atoms with Gasteiger partial charge in [-0.15, -0.1) is 0 Å². The zero-order valence-corrected chi connectivity index (χ0v) is 15.2. The average molecular weight is 354 g/mol. The van der Waals surface area contributed by atoms with Crippen LogP contribution in [-0.4, -0.2) is 70.2 Å². The Morgan fingerprint density at radius 1 is 1.25 bits per heavy atom. The van der Waals surface area contributed by atoms with Crippen molar-refractivity contribution >= 4 is 10.0 Å². The minimum absolute atomic E-state index is 0.317. The zero-order valence-electron chi connectivity index (χ0n) is 14.4. The van der Waals surface area contributed by atoms with Gasteiger partial charge in [-0.3, -0.25) is 4.90 Å². The number of ether oxygens (including phenoxy) is 2. The molecule has 2 saturated heterocycles. The molecule has 2 fully saturated rings. The molecule has 0 bridgehead atoms. The van der Waals surface area contributed by atoms with Crippen molar-refractivity contribution in [2.75, 3.05) is 46.4 Å². The first-order chi connectivity index (χ1) is 11.5. The molecule has 0 aromatic heterocycles. The first-order valence-electron chi connectivity index (χ1n) is 8.49. The summed E-state index contributed by atoms with van der Waals surface area (Å²) >= 11 is 0. The minimum Gasteiger partial charge on any atom is -0.496 e. The van der Waals surface area contributed by atoms with E-state index in [0.717, 1.165) is 44.6 Å². The van der Waals surface area contributed by atoms with Gasteiger partial charge in [0.15, 0.2) is 0 Å². The topological polar surface area (TPSA) is 59.1 Å². The van der Waals surface area contributed by atoms with Crippen LogP contribution in [-0.2, 0) is 14.8 Å². The van der Waals surface area contributed by atoms with Crippen LogP contribution in [0.1, 0.15) is 18.4 Å². The Morgan fingerprint density at radius 3 is 2.58 bits per heavy atom. The predicted molar refractivity (Wildman–Crippen MR) is 91.9 cm³/mol. The molecule has 0 saturated carbocycles. The van der Waals surface area contributed by atoms with E-state index in [4.69, 9.17) is 9.47 Å². The maximum absolute atomic E-state index is 12.8. The summed E-state index contributed by atoms with van der Waals surface area (Å²) in [5.74, 6) is 0.704. The molecule has 6 nitrogen and oxygen atoms in total. The molecular weight excluding hydrogens is 328 g/mol. The maximum Gasteiger partial charge on any atom is 0.243 e. The second-order valence-electron chi connectivity index (χ2n) is 6.47. The van der Waals surface area contributed by atoms with Gasteiger partial charge in [0.05, 0.1) is 18.1 Å². The van der Waals surface area contributed by atoms with Gasteiger partial charge in [0, 0.05) is 39.3 Å². The predicted octanol–water partition coefficient (Wildman–Crippen LogP) is 1.49. The lowest BCUT2D eigenvalue weighted by atomic mass is 10.2. The number of piperazine rings is 1. The summed E-state index contributed by atoms with van der Waals surface area (Å²) in [6, 6.07) is 5.03. The van der Waals surface area contributed by atoms with Crippen molar-refractivity contribution in [2.24, 2.45) is 0 Å². The van der Waals surface area contributed by atoms with E-state index in [1.54, 1.807) is 29.6 Å². The number of sulfonamides is 1. The molecule has 1 aromatic carbocycles. The number of hydrogen-bond acceptors (Lipinski definition) is 5. The third-order valence-electron chi connectivity index (χ3n) is 4.82. The third-order valence-corrected chi connectivity index (χ3v) is 6.72. The molecule has 0 amide bonds. The van der Waals surface area contributed by atoms with E-state index in [9.17, 15) is 8.42 Å². The molecule has 24 heavy (non-hydrogen) atoms. The van der Waals surface area contributed by atoms with Gasteiger partial charge in [0.2, 0.25) is 10.0 Å². The van der Waals surface area contributed by atoms with E-state index in [0.29, 0.717) is 29.8 Å². The number of aryl methyl sites for hydroxylation is 1. The molecule has 0 aliphatic carbocycles. The van der Waals surface area contributed by atoms with Crippen LogP contribution in [0.15, 0.2) is 23.1 Å². The molecule has 1 unspecified atom stereocenters. The van der Waals surface area contributed by atoms with E-state index in [1.165, 1.54) is 0 Å². The fourth-order valence-corrected chi connectivity index (χ4v) is 4.90. The Balaban J connectivity index is 1.63. The van der Waals surface area contributed by atoms with Crippen LogP contribution in [0.5, 0.6) is 5.75 Å². The maximum atomic E-state index is 12.8. The van der Waals surface area contributed by atoms with E-state index in [2.05, 4.69) is 4.90 Å². The lowest BCUT2D eigenvalue weighted by Crippen LogP contribution is -2.50. The SMILES string of the molecule is COc1ccc(S(=O)(=O)N2CCN(CC3CCCO3)CC2)cc1C. The molecule has 1 aromatic rings. The fraction of sp³-hybridized carbons (Fsp3) is 0.647. The smallest absolute Gasteiger partial charge is 0.243 e. The molecule has 134 valence electrons. The monoisotopic (exact) mass is 354 g/mol. The normalized spacial score (nSPS) is 23.5. The number of hydrogen-bond donors (Lipinski definition) is 0. The van der Waals surface area contributed by atoms with Crippen LogP contribution >= 0.6 is 0 Å². The number of benzene rings is 1. The summed E-state index contributed by atoms with van der Waals surface area (Å²) in [7, 11) is -1.85. The van der Waals surface area contributed by atoms with Gasteiger partial charge < -0.3 is 9.47 Å². The van der Waals surface area contributed by atoms with Crippen LogP contribution in [0, 0.1) is 6.92 Å². The lowest BCUT2D eigenvalue weighted by molar-refractivity contribution is 0.0617. The van der Waals surface area contributed by atoms with Gasteiger partial charge in [-0.1, -0.05) is 0 Å². The molecule has 0 spiro atoms. The van der Waals surface area contributed by atoms with Crippen molar-refractivity contribution in [3.05, 3.63) is 23.8 Å². The Hall–Kier alpha value is -1.15. The van der Waals surface area contributed by atoms with Crippen LogP contribution < -0.4 is 4.74 Å². The molecule has 2 aliphatic heterocycles. The second kappa shape index (κ2) is 7.39. The standard InChI is InChI=1S/C17H26N2O4S/c1-14-12-16(5-6-17(14)22-2)24(20,21)19-9-7-18(8-10-19)13-15-4-3-11-23-15/h5-6,12,15H,3-4,7-11,13H2,1-2H3. The van der Waals surface area contributed by atoms with E-state index < -0.39 is 10.0 Å². The zero-order chi connectivity index (χ0) is 17.2. The highest BCUT2D eigenvalue weighted by Crippen LogP contribution is 2.24. The van der Waals surface area contributed by atoms with Gasteiger partial charge in [-0.05, 0) is 43.5 Å². The van der Waals surface area contributed by atoms with Crippen molar-refractivity contribution in [2.45, 2.75) is 30.8 Å². The summed E-state index contributed by atoms with van der Waals surface area (Å²) in [4.78, 5) is 2.65. The summed E-state index contributed by atoms with van der Waals surface area (Å²) < 4.78 is 38.1. The third kappa shape index (κ3) is 3.74. The largest absolute Gasteiger partial charge is 0.496 e. The summed E-state index contributed by atoms with van der Waals surface area (Å²) in [6.45, 7) is 6.20. The fourth-order valence-electron chi connectivity index (χ4n) is 3.39. The summed E-state index contributed by atoms with van der Waals surface area (Å²) in [5.41, 5.74) is 0.829. The lowest BCUT2D eigenvalue weighted by Gasteiger charge is -2.35. The molecule has 1 atom stereocenters. The summed E-state index contributed by atoms with van der Waals surface area (Å²) in [5, 5.41) is 0. The van der Waals surface area contributed by atoms with Crippen LogP contribution in [0.25, 0.3) is 0 Å². The van der Waals surface area contributed by atoms with E-state index in [-0.39, 0.29) is 0 Å². The Morgan fingerprint density at radius 2 is 2.00 bits per heavy atom. The number of methoxy groups -OCH3 is 1. The highest BCUT2D eigenvalue weighted by Gasteiger charge is 2.30. The van der Waals surface area contributed by atoms with Crippen LogP contribution in [0.2, 0.25) is 0 Å². The van der Waals surface area contributed by atoms with E-state index in [1.807, 2.05) is 6.92 Å². The van der Waals surface area contributed by atoms with Crippen LogP contribution in [0.3, 0.4) is 0 Å². The Bertz CT molecular complexity index is 663. The minimum atomic E-state index is -3.44. The van der Waals surface area contributed by atoms with E-state index >= 15 is 0 Å². The molecule has 2 heterocycles. The van der Waals surface area contributed by atoms with Gasteiger partial charge in [0.25, 0.3) is 0 Å². The summed E-state index contributed by atoms with van der Waals surface area (Å²) in [6.07, 6.45) is 2.57. The first-order valence-corrected chi connectivity index (χ1v) is 9.93. The quantitative estimate of drug-likeness (QED) is 0.802. The highest BCUT2D eigenvalue weighted by atomic mass is 32.2. The Kier molecular flexibility index (Phi) is 5.44. The van der Waals surface area contributed by atoms with Gasteiger partial charge in [-0.2, -0.15) is 4.31 Å². The van der Waals surface area contributed by atoms with Crippen LogP contribution in [0.4, 0.5) is 0 Å². The molecule has 0 radical (unpaired) electrons. The van der Waals surface area contributed by atoms with Gasteiger partial charge >= 0.3 is 0 Å². The molecular formula is C17H26N2O4S. The molecule has 7 heteroatoms. The highest BCUT2D eigenvalue weighted by molar-refractivity contribution is 7.89. The first kappa shape index (κ1) is 17.7. The van der Waals surface area contributed by atoms with Crippen molar-refractivity contribution in [1.82, 2.24) is 9.21 Å². The van der Waals surface area contributed by atoms with Crippen molar-refractivity contribution in [1.29, 1.82) is 0 Å².